The third-order valence-corrected chi connectivity index (χ3v) is 10.8. The van der Waals surface area contributed by atoms with Crippen molar-refractivity contribution >= 4 is 43.1 Å². The smallest absolute Gasteiger partial charge is 0.208 e. The zero-order valence-corrected chi connectivity index (χ0v) is 28.5. The summed E-state index contributed by atoms with van der Waals surface area (Å²) in [6.45, 7) is 3.37. The fourth-order valence-corrected chi connectivity index (χ4v) is 8.04. The van der Waals surface area contributed by atoms with Crippen LogP contribution in [-0.4, -0.2) is 61.3 Å². The van der Waals surface area contributed by atoms with E-state index in [0.29, 0.717) is 54.7 Å². The molecule has 9 rings (SSSR count). The molecule has 0 saturated heterocycles. The predicted molar refractivity (Wildman–Crippen MR) is 202 cm³/mol. The van der Waals surface area contributed by atoms with Gasteiger partial charge in [0.15, 0.2) is 34.5 Å². The van der Waals surface area contributed by atoms with Gasteiger partial charge >= 0.3 is 0 Å². The Bertz CT molecular complexity index is 3110. The first-order valence-corrected chi connectivity index (χ1v) is 16.7. The first-order chi connectivity index (χ1) is 26.2. The van der Waals surface area contributed by atoms with Crippen molar-refractivity contribution in [3.8, 4) is 114 Å². The molecule has 274 valence electrons. The second kappa shape index (κ2) is 10.9. The second-order valence-corrected chi connectivity index (χ2v) is 13.4. The first-order valence-electron chi connectivity index (χ1n) is 16.7. The van der Waals surface area contributed by atoms with Crippen LogP contribution in [0.5, 0.6) is 80.5 Å². The minimum atomic E-state index is -1.18. The molecule has 0 radical (unpaired) electrons. The molecule has 0 amide bonds. The Balaban J connectivity index is 1.44. The molecule has 1 aliphatic rings. The molecule has 0 bridgehead atoms. The van der Waals surface area contributed by atoms with Crippen LogP contribution in [0, 0.1) is 13.8 Å². The largest absolute Gasteiger partial charge is 0.507 e. The normalized spacial score (nSPS) is 12.1. The summed E-state index contributed by atoms with van der Waals surface area (Å²) in [5.41, 5.74) is 1.83. The Morgan fingerprint density at radius 3 is 1.36 bits per heavy atom. The lowest BCUT2D eigenvalue weighted by Crippen LogP contribution is -2.04. The molecule has 0 unspecified atom stereocenters. The summed E-state index contributed by atoms with van der Waals surface area (Å²) in [5.74, 6) is -11.0. The summed E-state index contributed by atoms with van der Waals surface area (Å²) in [5, 5.41) is 132. The van der Waals surface area contributed by atoms with Crippen molar-refractivity contribution in [1.82, 2.24) is 0 Å². The average molecular weight is 741 g/mol. The summed E-state index contributed by atoms with van der Waals surface area (Å²) in [6, 6.07) is 17.0. The molecule has 0 saturated carbocycles. The van der Waals surface area contributed by atoms with E-state index in [9.17, 15) is 61.3 Å². The lowest BCUT2D eigenvalue weighted by Gasteiger charge is -2.29. The standard InChI is InChI=1S/C42H28O13/c1-13-14(2)41-25-22(28-35(49)38(52)39(53)40(54)42(28)55-41)20-8-4-3-7-19(20)21(24(25)29(13)43)17-11-5-10-16-15(17)9-6-12-18(16)23-30(44)26-27(32(46)31(23)45)34(48)37(51)36(50)33(26)47/h3-12,43-54H,1-2H3. The van der Waals surface area contributed by atoms with Crippen LogP contribution in [-0.2, 0) is 0 Å². The molecule has 8 aromatic carbocycles. The van der Waals surface area contributed by atoms with Gasteiger partial charge in [0.2, 0.25) is 28.7 Å². The Morgan fingerprint density at radius 2 is 0.764 bits per heavy atom. The molecule has 55 heavy (non-hydrogen) atoms. The number of benzene rings is 8. The van der Waals surface area contributed by atoms with Crippen LogP contribution >= 0.6 is 0 Å². The summed E-state index contributed by atoms with van der Waals surface area (Å²) >= 11 is 0. The summed E-state index contributed by atoms with van der Waals surface area (Å²) < 4.78 is 6.23. The van der Waals surface area contributed by atoms with Gasteiger partial charge in [0.05, 0.1) is 21.9 Å². The number of rotatable bonds is 2. The number of aromatic hydroxyl groups is 12. The van der Waals surface area contributed by atoms with Crippen LogP contribution in [0.2, 0.25) is 0 Å². The highest BCUT2D eigenvalue weighted by Crippen LogP contribution is 2.65. The van der Waals surface area contributed by atoms with Gasteiger partial charge in [0, 0.05) is 21.9 Å². The van der Waals surface area contributed by atoms with Gasteiger partial charge in [0.25, 0.3) is 0 Å². The van der Waals surface area contributed by atoms with Gasteiger partial charge in [-0.1, -0.05) is 60.7 Å². The van der Waals surface area contributed by atoms with E-state index < -0.39 is 74.0 Å². The monoisotopic (exact) mass is 740 g/mol. The molecule has 0 atom stereocenters. The Morgan fingerprint density at radius 1 is 0.309 bits per heavy atom. The molecule has 12 N–H and O–H groups in total. The molecule has 8 aromatic rings. The molecular formula is C42H28O13. The fourth-order valence-electron chi connectivity index (χ4n) is 8.04. The van der Waals surface area contributed by atoms with Crippen molar-refractivity contribution in [1.29, 1.82) is 0 Å². The van der Waals surface area contributed by atoms with Crippen molar-refractivity contribution < 1.29 is 66.0 Å². The van der Waals surface area contributed by atoms with Crippen molar-refractivity contribution in [2.75, 3.05) is 0 Å². The van der Waals surface area contributed by atoms with Crippen LogP contribution in [0.15, 0.2) is 60.7 Å². The maximum absolute atomic E-state index is 12.0. The molecular weight excluding hydrogens is 712 g/mol. The molecule has 13 heteroatoms. The van der Waals surface area contributed by atoms with Crippen LogP contribution < -0.4 is 4.74 Å². The van der Waals surface area contributed by atoms with Crippen LogP contribution in [0.25, 0.3) is 76.5 Å². The Kier molecular flexibility index (Phi) is 6.53. The highest BCUT2D eigenvalue weighted by molar-refractivity contribution is 6.29. The number of hydrogen-bond donors (Lipinski definition) is 12. The van der Waals surface area contributed by atoms with Crippen molar-refractivity contribution in [3.63, 3.8) is 0 Å². The second-order valence-electron chi connectivity index (χ2n) is 13.4. The molecule has 0 spiro atoms. The summed E-state index contributed by atoms with van der Waals surface area (Å²) in [4.78, 5) is 0. The minimum absolute atomic E-state index is 0.119. The predicted octanol–water partition coefficient (Wildman–Crippen LogP) is 8.49. The third kappa shape index (κ3) is 3.95. The van der Waals surface area contributed by atoms with Crippen molar-refractivity contribution in [2.45, 2.75) is 13.8 Å². The van der Waals surface area contributed by atoms with E-state index in [2.05, 4.69) is 0 Å². The Labute approximate surface area is 308 Å². The van der Waals surface area contributed by atoms with Crippen molar-refractivity contribution in [2.24, 2.45) is 0 Å². The van der Waals surface area contributed by atoms with Crippen molar-refractivity contribution in [3.05, 3.63) is 71.8 Å². The maximum atomic E-state index is 12.0. The van der Waals surface area contributed by atoms with Gasteiger partial charge in [0.1, 0.15) is 17.2 Å². The highest BCUT2D eigenvalue weighted by Gasteiger charge is 2.37. The van der Waals surface area contributed by atoms with Gasteiger partial charge in [-0.05, 0) is 57.6 Å². The van der Waals surface area contributed by atoms with E-state index in [0.717, 1.165) is 0 Å². The lowest BCUT2D eigenvalue weighted by atomic mass is 9.80. The minimum Gasteiger partial charge on any atom is -0.507 e. The van der Waals surface area contributed by atoms with Gasteiger partial charge < -0.3 is 66.0 Å². The SMILES string of the molecule is Cc1c(C)c2c3c(c4ccccc4c(-c4cccc5c(-c6c(O)c(O)c7c(O)c(O)c(O)c(O)c7c6O)cccc45)c3c1O)-c1c(O)c(O)c(O)c(O)c1O2. The lowest BCUT2D eigenvalue weighted by molar-refractivity contribution is 0.332. The van der Waals surface area contributed by atoms with Gasteiger partial charge in [-0.15, -0.1) is 0 Å². The number of phenols is 12. The van der Waals surface area contributed by atoms with Gasteiger partial charge in [-0.25, -0.2) is 0 Å². The van der Waals surface area contributed by atoms with E-state index in [1.807, 2.05) is 0 Å². The van der Waals surface area contributed by atoms with Gasteiger partial charge in [-0.3, -0.25) is 0 Å². The quantitative estimate of drug-likeness (QED) is 0.0452. The third-order valence-electron chi connectivity index (χ3n) is 10.8. The molecule has 13 nitrogen and oxygen atoms in total. The number of phenolic OH excluding ortho intramolecular Hbond substituents is 12. The molecule has 0 fully saturated rings. The van der Waals surface area contributed by atoms with Crippen LogP contribution in [0.3, 0.4) is 0 Å². The fraction of sp³-hybridized carbons (Fsp3) is 0.0476. The number of hydrogen-bond acceptors (Lipinski definition) is 13. The molecule has 1 heterocycles. The maximum Gasteiger partial charge on any atom is 0.208 e. The topological polar surface area (TPSA) is 252 Å². The van der Waals surface area contributed by atoms with E-state index in [1.54, 1.807) is 68.4 Å². The molecule has 0 aliphatic carbocycles. The van der Waals surface area contributed by atoms with Crippen LogP contribution in [0.1, 0.15) is 11.1 Å². The zero-order chi connectivity index (χ0) is 39.1. The zero-order valence-electron chi connectivity index (χ0n) is 28.5. The molecule has 0 aromatic heterocycles. The Hall–Kier alpha value is -7.80. The average Bonchev–Trinajstić information content (AvgIpc) is 3.19. The highest BCUT2D eigenvalue weighted by atomic mass is 16.5. The summed E-state index contributed by atoms with van der Waals surface area (Å²) in [7, 11) is 0. The first kappa shape index (κ1) is 33.1. The van der Waals surface area contributed by atoms with E-state index >= 15 is 0 Å². The summed E-state index contributed by atoms with van der Waals surface area (Å²) in [6.07, 6.45) is 0. The number of ether oxygens (including phenoxy) is 1. The van der Waals surface area contributed by atoms with Crippen LogP contribution in [0.4, 0.5) is 0 Å². The van der Waals surface area contributed by atoms with E-state index in [1.165, 1.54) is 6.07 Å². The van der Waals surface area contributed by atoms with E-state index in [4.69, 9.17) is 4.74 Å². The number of fused-ring (bicyclic) bond motifs is 6. The van der Waals surface area contributed by atoms with E-state index in [-0.39, 0.29) is 39.3 Å². The molecule has 1 aliphatic heterocycles. The van der Waals surface area contributed by atoms with Gasteiger partial charge in [-0.2, -0.15) is 0 Å².